The van der Waals surface area contributed by atoms with Gasteiger partial charge in [-0.15, -0.1) is 0 Å². The lowest BCUT2D eigenvalue weighted by atomic mass is 9.44. The minimum Gasteiger partial charge on any atom is -0.726 e. The molecule has 4 saturated carbocycles. The quantitative estimate of drug-likeness (QED) is 0.217. The van der Waals surface area contributed by atoms with Crippen molar-refractivity contribution >= 4 is 31.2 Å². The normalized spacial score (nSPS) is 40.5. The lowest BCUT2D eigenvalue weighted by molar-refractivity contribution is -0.152. The third kappa shape index (κ3) is 7.87. The highest BCUT2D eigenvalue weighted by Crippen LogP contribution is 2.68. The van der Waals surface area contributed by atoms with Gasteiger partial charge in [0.2, 0.25) is 31.2 Å². The summed E-state index contributed by atoms with van der Waals surface area (Å²) >= 11 is 0. The highest BCUT2D eigenvalue weighted by Gasteiger charge is 2.62. The molecule has 0 heterocycles. The summed E-state index contributed by atoms with van der Waals surface area (Å²) in [6.07, 6.45) is 6.29. The van der Waals surface area contributed by atoms with E-state index in [2.05, 4.69) is 25.0 Å². The summed E-state index contributed by atoms with van der Waals surface area (Å²) in [6.45, 7) is 8.58. The van der Waals surface area contributed by atoms with Crippen molar-refractivity contribution in [2.75, 3.05) is 6.61 Å². The van der Waals surface area contributed by atoms with E-state index in [1.807, 2.05) is 6.92 Å². The number of rotatable bonds is 12. The molecule has 4 rings (SSSR count). The van der Waals surface area contributed by atoms with Crippen LogP contribution in [0.1, 0.15) is 98.3 Å². The Morgan fingerprint density at radius 3 is 2.00 bits per heavy atom. The molecule has 15 heteroatoms. The van der Waals surface area contributed by atoms with E-state index in [-0.39, 0.29) is 48.0 Å². The van der Waals surface area contributed by atoms with Crippen LogP contribution in [0.5, 0.6) is 0 Å². The van der Waals surface area contributed by atoms with Gasteiger partial charge >= 0.3 is 0 Å². The second-order valence-corrected chi connectivity index (χ2v) is 17.2. The lowest BCUT2D eigenvalue weighted by Gasteiger charge is -2.62. The second kappa shape index (κ2) is 12.4. The zero-order valence-electron chi connectivity index (χ0n) is 24.8. The molecule has 0 radical (unpaired) electrons. The van der Waals surface area contributed by atoms with Crippen molar-refractivity contribution in [1.82, 2.24) is 0 Å². The molecule has 1 unspecified atom stereocenters. The molecule has 246 valence electrons. The average Bonchev–Trinajstić information content (AvgIpc) is 3.18. The molecule has 0 aromatic carbocycles. The van der Waals surface area contributed by atoms with E-state index in [0.29, 0.717) is 23.7 Å². The van der Waals surface area contributed by atoms with Gasteiger partial charge in [0.25, 0.3) is 0 Å². The second-order valence-electron chi connectivity index (χ2n) is 14.1. The van der Waals surface area contributed by atoms with E-state index >= 15 is 0 Å². The maximum atomic E-state index is 11.5. The first-order chi connectivity index (χ1) is 19.2. The monoisotopic (exact) mass is 657 g/mol. The molecule has 4 aliphatic rings. The van der Waals surface area contributed by atoms with Gasteiger partial charge in [0, 0.05) is 0 Å². The van der Waals surface area contributed by atoms with E-state index < -0.39 is 43.4 Å². The van der Waals surface area contributed by atoms with Gasteiger partial charge in [0.05, 0.1) is 6.61 Å². The van der Waals surface area contributed by atoms with E-state index in [0.717, 1.165) is 57.8 Å². The number of hydrogen-bond acceptors (Lipinski definition) is 12. The molecule has 0 amide bonds. The standard InChI is InChI=1S/C27H48O12S3/c1-17(16-37-40(28,29)30)6-5-7-18(2)21-10-11-22-20-9-8-19-14-24(38-41(31,32)33)25(39-42(34,35)36)15-27(19,4)23(20)12-13-26(21,22)3/h17-25H,5-16H2,1-4H3,(H,28,29,30)(H,31,32,33)(H,34,35,36)/p-3/t17?,18-,19+,20+,21-,22+,23+,24+,25+,26-,27+/m1/s1. The summed E-state index contributed by atoms with van der Waals surface area (Å²) in [5.41, 5.74) is -0.230. The van der Waals surface area contributed by atoms with Crippen molar-refractivity contribution in [3.8, 4) is 0 Å². The van der Waals surface area contributed by atoms with Gasteiger partial charge in [-0.1, -0.05) is 40.5 Å². The molecule has 11 atom stereocenters. The molecule has 0 aromatic rings. The van der Waals surface area contributed by atoms with Gasteiger partial charge in [0.15, 0.2) is 0 Å². The Morgan fingerprint density at radius 1 is 0.762 bits per heavy atom. The first-order valence-electron chi connectivity index (χ1n) is 15.1. The molecule has 0 aromatic heterocycles. The summed E-state index contributed by atoms with van der Waals surface area (Å²) in [7, 11) is -14.9. The van der Waals surface area contributed by atoms with Crippen molar-refractivity contribution in [2.45, 2.75) is 111 Å². The molecule has 12 nitrogen and oxygen atoms in total. The zero-order valence-corrected chi connectivity index (χ0v) is 27.3. The molecule has 42 heavy (non-hydrogen) atoms. The third-order valence-electron chi connectivity index (χ3n) is 11.7. The fraction of sp³-hybridized carbons (Fsp3) is 1.00. The van der Waals surface area contributed by atoms with E-state index in [1.54, 1.807) is 0 Å². The summed E-state index contributed by atoms with van der Waals surface area (Å²) < 4.78 is 115. The Kier molecular flexibility index (Phi) is 10.2. The van der Waals surface area contributed by atoms with Gasteiger partial charge in [-0.2, -0.15) is 0 Å². The van der Waals surface area contributed by atoms with Crippen molar-refractivity contribution in [3.63, 3.8) is 0 Å². The molecule has 0 N–H and O–H groups in total. The van der Waals surface area contributed by atoms with Gasteiger partial charge in [-0.25, -0.2) is 25.3 Å². The van der Waals surface area contributed by atoms with Crippen LogP contribution in [-0.4, -0.2) is 57.7 Å². The molecular weight excluding hydrogens is 612 g/mol. The van der Waals surface area contributed by atoms with Crippen LogP contribution in [0.15, 0.2) is 0 Å². The predicted octanol–water partition coefficient (Wildman–Crippen LogP) is 3.87. The van der Waals surface area contributed by atoms with Crippen LogP contribution >= 0.6 is 0 Å². The smallest absolute Gasteiger partial charge is 0.217 e. The number of fused-ring (bicyclic) bond motifs is 5. The number of hydrogen-bond donors (Lipinski definition) is 0. The summed E-state index contributed by atoms with van der Waals surface area (Å²) in [4.78, 5) is 0. The van der Waals surface area contributed by atoms with Crippen molar-refractivity contribution in [2.24, 2.45) is 52.3 Å². The molecule has 4 fully saturated rings. The Hall–Kier alpha value is -0.390. The Balaban J connectivity index is 1.43. The van der Waals surface area contributed by atoms with Crippen molar-refractivity contribution in [1.29, 1.82) is 0 Å². The van der Waals surface area contributed by atoms with Gasteiger partial charge in [-0.05, 0) is 110 Å². The molecular formula is C27H45O12S3-3. The molecule has 4 aliphatic carbocycles. The van der Waals surface area contributed by atoms with Crippen LogP contribution in [0.25, 0.3) is 0 Å². The van der Waals surface area contributed by atoms with Crippen LogP contribution < -0.4 is 0 Å². The minimum atomic E-state index is -5.14. The maximum Gasteiger partial charge on any atom is 0.217 e. The fourth-order valence-electron chi connectivity index (χ4n) is 9.98. The third-order valence-corrected chi connectivity index (χ3v) is 13.1. The van der Waals surface area contributed by atoms with Crippen LogP contribution in [0.2, 0.25) is 0 Å². The topological polar surface area (TPSA) is 199 Å². The van der Waals surface area contributed by atoms with E-state index in [4.69, 9.17) is 8.37 Å². The van der Waals surface area contributed by atoms with E-state index in [1.165, 1.54) is 0 Å². The van der Waals surface area contributed by atoms with Crippen LogP contribution in [-0.2, 0) is 43.7 Å². The molecule has 0 saturated heterocycles. The Labute approximate surface area is 251 Å². The highest BCUT2D eigenvalue weighted by molar-refractivity contribution is 7.81. The van der Waals surface area contributed by atoms with Gasteiger partial charge in [-0.3, -0.25) is 12.5 Å². The molecule has 0 spiro atoms. The summed E-state index contributed by atoms with van der Waals surface area (Å²) in [5, 5.41) is 0. The van der Waals surface area contributed by atoms with Crippen LogP contribution in [0, 0.1) is 52.3 Å². The fourth-order valence-corrected chi connectivity index (χ4v) is 11.4. The molecule has 0 aliphatic heterocycles. The lowest BCUT2D eigenvalue weighted by Crippen LogP contribution is -2.57. The van der Waals surface area contributed by atoms with Gasteiger partial charge < -0.3 is 13.7 Å². The predicted molar refractivity (Wildman–Crippen MR) is 148 cm³/mol. The maximum absolute atomic E-state index is 11.5. The first kappa shape index (κ1) is 34.5. The largest absolute Gasteiger partial charge is 0.726 e. The van der Waals surface area contributed by atoms with Crippen molar-refractivity contribution in [3.05, 3.63) is 0 Å². The van der Waals surface area contributed by atoms with Gasteiger partial charge in [0.1, 0.15) is 12.2 Å². The summed E-state index contributed by atoms with van der Waals surface area (Å²) in [5.74, 6) is 2.16. The summed E-state index contributed by atoms with van der Waals surface area (Å²) in [6, 6.07) is 0. The van der Waals surface area contributed by atoms with Crippen molar-refractivity contribution < 1.29 is 51.5 Å². The van der Waals surface area contributed by atoms with E-state index in [9.17, 15) is 38.9 Å². The van der Waals surface area contributed by atoms with Crippen LogP contribution in [0.4, 0.5) is 0 Å². The van der Waals surface area contributed by atoms with Crippen LogP contribution in [0.3, 0.4) is 0 Å². The average molecular weight is 658 g/mol. The zero-order chi connectivity index (χ0) is 31.3. The molecule has 0 bridgehead atoms. The Bertz CT molecular complexity index is 1280. The SMILES string of the molecule is CC(CCC[C@@H](C)[C@H]1CC[C@H]2[C@@H]3CC[C@H]4C[C@H](OS(=O)(=O)[O-])[C@@H](OS(=O)(=O)[O-])C[C@]4(C)[C@H]3CC[C@]12C)COS(=O)(=O)[O-]. The first-order valence-corrected chi connectivity index (χ1v) is 19.1. The minimum absolute atomic E-state index is 0.0164. The Morgan fingerprint density at radius 2 is 1.38 bits per heavy atom. The highest BCUT2D eigenvalue weighted by atomic mass is 32.3.